The second kappa shape index (κ2) is 6.27. The first-order chi connectivity index (χ1) is 7.27. The number of nitrogens with zero attached hydrogens (tertiary/aromatic N) is 2. The van der Waals surface area contributed by atoms with Gasteiger partial charge in [0.15, 0.2) is 0 Å². The molecule has 0 saturated carbocycles. The maximum Gasteiger partial charge on any atom is 0.130 e. The van der Waals surface area contributed by atoms with Crippen LogP contribution < -0.4 is 10.2 Å². The molecule has 1 aromatic heterocycles. The molecule has 0 radical (unpaired) electrons. The third-order valence-corrected chi connectivity index (χ3v) is 2.33. The fraction of sp³-hybridized carbons (Fsp3) is 0.583. The van der Waals surface area contributed by atoms with Crippen molar-refractivity contribution in [3.05, 3.63) is 18.2 Å². The van der Waals surface area contributed by atoms with Gasteiger partial charge < -0.3 is 10.2 Å². The molecule has 1 N–H and O–H groups in total. The van der Waals surface area contributed by atoms with E-state index in [0.717, 1.165) is 24.7 Å². The van der Waals surface area contributed by atoms with Gasteiger partial charge >= 0.3 is 0 Å². The minimum Gasteiger partial charge on any atom is -0.370 e. The molecule has 0 atom stereocenters. The minimum absolute atomic E-state index is 0.912. The summed E-state index contributed by atoms with van der Waals surface area (Å²) in [4.78, 5) is 6.73. The lowest BCUT2D eigenvalue weighted by Crippen LogP contribution is -2.19. The molecule has 3 heteroatoms. The summed E-state index contributed by atoms with van der Waals surface area (Å²) >= 11 is 0. The van der Waals surface area contributed by atoms with Crippen LogP contribution in [0.15, 0.2) is 18.2 Å². The van der Waals surface area contributed by atoms with E-state index < -0.39 is 0 Å². The second-order valence-electron chi connectivity index (χ2n) is 3.69. The summed E-state index contributed by atoms with van der Waals surface area (Å²) in [6, 6.07) is 6.10. The third kappa shape index (κ3) is 3.78. The smallest absolute Gasteiger partial charge is 0.130 e. The van der Waals surface area contributed by atoms with Gasteiger partial charge in [0.25, 0.3) is 0 Å². The highest BCUT2D eigenvalue weighted by atomic mass is 15.2. The normalized spacial score (nSPS) is 10.1. The molecule has 0 saturated heterocycles. The molecule has 0 amide bonds. The van der Waals surface area contributed by atoms with Crippen molar-refractivity contribution in [2.75, 3.05) is 30.4 Å². The van der Waals surface area contributed by atoms with Crippen molar-refractivity contribution in [1.82, 2.24) is 4.98 Å². The zero-order valence-corrected chi connectivity index (χ0v) is 9.95. The van der Waals surface area contributed by atoms with E-state index in [2.05, 4.69) is 42.2 Å². The van der Waals surface area contributed by atoms with Crippen LogP contribution in [0.4, 0.5) is 11.6 Å². The fourth-order valence-electron chi connectivity index (χ4n) is 1.43. The van der Waals surface area contributed by atoms with Crippen LogP contribution in [0.5, 0.6) is 0 Å². The first-order valence-electron chi connectivity index (χ1n) is 5.70. The van der Waals surface area contributed by atoms with Gasteiger partial charge in [-0.25, -0.2) is 4.98 Å². The lowest BCUT2D eigenvalue weighted by atomic mass is 10.3. The number of anilines is 2. The Hall–Kier alpha value is -1.25. The summed E-state index contributed by atoms with van der Waals surface area (Å²) in [7, 11) is 2.09. The summed E-state index contributed by atoms with van der Waals surface area (Å²) in [5, 5.41) is 3.22. The van der Waals surface area contributed by atoms with Gasteiger partial charge in [0.05, 0.1) is 0 Å². The third-order valence-electron chi connectivity index (χ3n) is 2.33. The van der Waals surface area contributed by atoms with Gasteiger partial charge in [-0.2, -0.15) is 0 Å². The van der Waals surface area contributed by atoms with Crippen LogP contribution in [0.3, 0.4) is 0 Å². The van der Waals surface area contributed by atoms with Gasteiger partial charge in [-0.3, -0.25) is 0 Å². The van der Waals surface area contributed by atoms with E-state index >= 15 is 0 Å². The number of aromatic nitrogens is 1. The maximum atomic E-state index is 4.53. The number of hydrogen-bond acceptors (Lipinski definition) is 3. The van der Waals surface area contributed by atoms with Crippen LogP contribution in [0.1, 0.15) is 26.7 Å². The Balaban J connectivity index is 2.62. The molecule has 84 valence electrons. The van der Waals surface area contributed by atoms with Gasteiger partial charge in [0.2, 0.25) is 0 Å². The Labute approximate surface area is 92.5 Å². The Morgan fingerprint density at radius 3 is 2.80 bits per heavy atom. The van der Waals surface area contributed by atoms with E-state index in [-0.39, 0.29) is 0 Å². The lowest BCUT2D eigenvalue weighted by molar-refractivity contribution is 0.760. The number of pyridine rings is 1. The summed E-state index contributed by atoms with van der Waals surface area (Å²) < 4.78 is 0. The molecule has 0 fully saturated rings. The van der Waals surface area contributed by atoms with Gasteiger partial charge in [-0.15, -0.1) is 0 Å². The van der Waals surface area contributed by atoms with Crippen molar-refractivity contribution in [2.45, 2.75) is 26.7 Å². The molecule has 0 unspecified atom stereocenters. The van der Waals surface area contributed by atoms with E-state index in [1.54, 1.807) is 0 Å². The van der Waals surface area contributed by atoms with Crippen molar-refractivity contribution in [3.8, 4) is 0 Å². The Morgan fingerprint density at radius 2 is 2.13 bits per heavy atom. The monoisotopic (exact) mass is 207 g/mol. The Morgan fingerprint density at radius 1 is 1.33 bits per heavy atom. The molecule has 1 heterocycles. The molecule has 0 bridgehead atoms. The van der Waals surface area contributed by atoms with E-state index in [4.69, 9.17) is 0 Å². The first-order valence-corrected chi connectivity index (χ1v) is 5.70. The van der Waals surface area contributed by atoms with Gasteiger partial charge in [0, 0.05) is 20.1 Å². The molecular weight excluding hydrogens is 186 g/mol. The molecule has 1 rings (SSSR count). The molecule has 1 aromatic rings. The van der Waals surface area contributed by atoms with Crippen molar-refractivity contribution in [2.24, 2.45) is 0 Å². The first kappa shape index (κ1) is 11.8. The molecule has 0 aromatic carbocycles. The largest absolute Gasteiger partial charge is 0.370 e. The van der Waals surface area contributed by atoms with Crippen molar-refractivity contribution in [3.63, 3.8) is 0 Å². The number of unbranched alkanes of at least 4 members (excludes halogenated alkanes) is 1. The average Bonchev–Trinajstić information content (AvgIpc) is 2.27. The molecule has 15 heavy (non-hydrogen) atoms. The summed E-state index contributed by atoms with van der Waals surface area (Å²) in [5.41, 5.74) is 0. The van der Waals surface area contributed by atoms with Crippen molar-refractivity contribution in [1.29, 1.82) is 0 Å². The fourth-order valence-corrected chi connectivity index (χ4v) is 1.43. The van der Waals surface area contributed by atoms with E-state index in [1.165, 1.54) is 12.8 Å². The van der Waals surface area contributed by atoms with Crippen LogP contribution in [0.2, 0.25) is 0 Å². The Bertz CT molecular complexity index is 286. The van der Waals surface area contributed by atoms with Crippen molar-refractivity contribution >= 4 is 11.6 Å². The van der Waals surface area contributed by atoms with E-state index in [1.807, 2.05) is 12.1 Å². The van der Waals surface area contributed by atoms with Gasteiger partial charge in [-0.1, -0.05) is 19.4 Å². The highest BCUT2D eigenvalue weighted by Crippen LogP contribution is 2.13. The minimum atomic E-state index is 0.912. The summed E-state index contributed by atoms with van der Waals surface area (Å²) in [6.45, 7) is 6.26. The average molecular weight is 207 g/mol. The predicted octanol–water partition coefficient (Wildman–Crippen LogP) is 2.75. The highest BCUT2D eigenvalue weighted by Gasteiger charge is 2.01. The maximum absolute atomic E-state index is 4.53. The molecule has 0 aliphatic rings. The molecule has 0 aliphatic heterocycles. The van der Waals surface area contributed by atoms with Gasteiger partial charge in [0.1, 0.15) is 11.6 Å². The van der Waals surface area contributed by atoms with Crippen LogP contribution in [-0.2, 0) is 0 Å². The van der Waals surface area contributed by atoms with Crippen LogP contribution >= 0.6 is 0 Å². The van der Waals surface area contributed by atoms with Crippen LogP contribution in [-0.4, -0.2) is 25.1 Å². The lowest BCUT2D eigenvalue weighted by Gasteiger charge is -2.18. The predicted molar refractivity (Wildman–Crippen MR) is 66.6 cm³/mol. The SMILES string of the molecule is CCCCN(C)c1cccc(NCC)n1. The number of nitrogens with one attached hydrogen (secondary N) is 1. The molecule has 0 spiro atoms. The zero-order valence-electron chi connectivity index (χ0n) is 9.95. The second-order valence-corrected chi connectivity index (χ2v) is 3.69. The molecule has 0 aliphatic carbocycles. The van der Waals surface area contributed by atoms with Crippen LogP contribution in [0.25, 0.3) is 0 Å². The Kier molecular flexibility index (Phi) is 4.95. The topological polar surface area (TPSA) is 28.2 Å². The van der Waals surface area contributed by atoms with E-state index in [0.29, 0.717) is 0 Å². The summed E-state index contributed by atoms with van der Waals surface area (Å²) in [5.74, 6) is 2.00. The van der Waals surface area contributed by atoms with Crippen molar-refractivity contribution < 1.29 is 0 Å². The zero-order chi connectivity index (χ0) is 11.1. The summed E-state index contributed by atoms with van der Waals surface area (Å²) in [6.07, 6.45) is 2.43. The highest BCUT2D eigenvalue weighted by molar-refractivity contribution is 5.46. The molecule has 3 nitrogen and oxygen atoms in total. The quantitative estimate of drug-likeness (QED) is 0.777. The van der Waals surface area contributed by atoms with Crippen LogP contribution in [0, 0.1) is 0 Å². The van der Waals surface area contributed by atoms with E-state index in [9.17, 15) is 0 Å². The number of hydrogen-bond donors (Lipinski definition) is 1. The molecular formula is C12H21N3. The standard InChI is InChI=1S/C12H21N3/c1-4-6-10-15(3)12-9-7-8-11(14-12)13-5-2/h7-9H,4-6,10H2,1-3H3,(H,13,14). The van der Waals surface area contributed by atoms with Gasteiger partial charge in [-0.05, 0) is 25.5 Å². The number of rotatable bonds is 6.